The summed E-state index contributed by atoms with van der Waals surface area (Å²) in [5.41, 5.74) is 0.819. The van der Waals surface area contributed by atoms with E-state index in [4.69, 9.17) is 4.74 Å². The van der Waals surface area contributed by atoms with Gasteiger partial charge in [0.25, 0.3) is 0 Å². The van der Waals surface area contributed by atoms with Crippen LogP contribution in [0.5, 0.6) is 5.75 Å². The number of ether oxygens (including phenoxy) is 1. The Morgan fingerprint density at radius 2 is 2.05 bits per heavy atom. The van der Waals surface area contributed by atoms with Crippen molar-refractivity contribution in [3.05, 3.63) is 29.6 Å². The molecule has 2 N–H and O–H groups in total. The first kappa shape index (κ1) is 16.3. The average Bonchev–Trinajstić information content (AvgIpc) is 2.45. The minimum absolute atomic E-state index is 0.288. The summed E-state index contributed by atoms with van der Waals surface area (Å²) in [6.07, 6.45) is 1.03. The topological polar surface area (TPSA) is 45.7 Å². The molecule has 0 aliphatic carbocycles. The van der Waals surface area contributed by atoms with E-state index in [1.54, 1.807) is 6.07 Å². The zero-order valence-electron chi connectivity index (χ0n) is 12.5. The van der Waals surface area contributed by atoms with E-state index in [9.17, 15) is 4.39 Å². The summed E-state index contributed by atoms with van der Waals surface area (Å²) in [6, 6.07) is 4.95. The SMILES string of the molecule is CCCNC(=NCc1ccc(OCC)c(F)c1)NCC. The van der Waals surface area contributed by atoms with E-state index in [-0.39, 0.29) is 11.6 Å². The summed E-state index contributed by atoms with van der Waals surface area (Å²) < 4.78 is 18.9. The molecule has 112 valence electrons. The monoisotopic (exact) mass is 281 g/mol. The van der Waals surface area contributed by atoms with Crippen molar-refractivity contribution in [2.75, 3.05) is 19.7 Å². The summed E-state index contributed by atoms with van der Waals surface area (Å²) >= 11 is 0. The van der Waals surface area contributed by atoms with E-state index in [2.05, 4.69) is 22.5 Å². The Kier molecular flexibility index (Phi) is 7.47. The first-order valence-electron chi connectivity index (χ1n) is 7.14. The Balaban J connectivity index is 2.68. The molecule has 0 fully saturated rings. The van der Waals surface area contributed by atoms with Crippen molar-refractivity contribution >= 4 is 5.96 Å². The lowest BCUT2D eigenvalue weighted by Gasteiger charge is -2.10. The van der Waals surface area contributed by atoms with Gasteiger partial charge in [0.1, 0.15) is 0 Å². The van der Waals surface area contributed by atoms with Crippen LogP contribution in [-0.4, -0.2) is 25.7 Å². The number of benzene rings is 1. The highest BCUT2D eigenvalue weighted by Crippen LogP contribution is 2.18. The molecule has 1 rings (SSSR count). The lowest BCUT2D eigenvalue weighted by molar-refractivity contribution is 0.321. The third-order valence-corrected chi connectivity index (χ3v) is 2.60. The largest absolute Gasteiger partial charge is 0.491 e. The fourth-order valence-electron chi connectivity index (χ4n) is 1.67. The Morgan fingerprint density at radius 1 is 1.25 bits per heavy atom. The summed E-state index contributed by atoms with van der Waals surface area (Å²) in [6.45, 7) is 8.50. The van der Waals surface area contributed by atoms with E-state index in [0.29, 0.717) is 13.2 Å². The van der Waals surface area contributed by atoms with Crippen LogP contribution in [0.25, 0.3) is 0 Å². The molecule has 0 unspecified atom stereocenters. The highest BCUT2D eigenvalue weighted by atomic mass is 19.1. The number of aliphatic imine (C=N–C) groups is 1. The molecule has 0 atom stereocenters. The minimum atomic E-state index is -0.342. The van der Waals surface area contributed by atoms with Gasteiger partial charge in [-0.2, -0.15) is 0 Å². The molecule has 0 saturated heterocycles. The molecule has 1 aromatic rings. The van der Waals surface area contributed by atoms with Crippen LogP contribution in [0, 0.1) is 5.82 Å². The van der Waals surface area contributed by atoms with Crippen molar-refractivity contribution in [3.63, 3.8) is 0 Å². The molecule has 0 heterocycles. The molecular formula is C15H24FN3O. The third kappa shape index (κ3) is 5.47. The van der Waals surface area contributed by atoms with Crippen molar-refractivity contribution in [2.45, 2.75) is 33.7 Å². The van der Waals surface area contributed by atoms with E-state index in [1.165, 1.54) is 6.07 Å². The van der Waals surface area contributed by atoms with E-state index >= 15 is 0 Å². The lowest BCUT2D eigenvalue weighted by Crippen LogP contribution is -2.37. The van der Waals surface area contributed by atoms with Gasteiger partial charge in [-0.05, 0) is 38.0 Å². The van der Waals surface area contributed by atoms with Crippen LogP contribution in [0.4, 0.5) is 4.39 Å². The number of halogens is 1. The van der Waals surface area contributed by atoms with Crippen LogP contribution in [0.15, 0.2) is 23.2 Å². The van der Waals surface area contributed by atoms with Crippen molar-refractivity contribution in [3.8, 4) is 5.75 Å². The van der Waals surface area contributed by atoms with Crippen LogP contribution in [0.2, 0.25) is 0 Å². The first-order valence-corrected chi connectivity index (χ1v) is 7.14. The van der Waals surface area contributed by atoms with Gasteiger partial charge in [0.15, 0.2) is 17.5 Å². The Morgan fingerprint density at radius 3 is 2.65 bits per heavy atom. The second kappa shape index (κ2) is 9.18. The fourth-order valence-corrected chi connectivity index (χ4v) is 1.67. The highest BCUT2D eigenvalue weighted by molar-refractivity contribution is 5.79. The number of hydrogen-bond acceptors (Lipinski definition) is 2. The maximum absolute atomic E-state index is 13.7. The van der Waals surface area contributed by atoms with Gasteiger partial charge in [-0.15, -0.1) is 0 Å². The quantitative estimate of drug-likeness (QED) is 0.596. The number of nitrogens with zero attached hydrogens (tertiary/aromatic N) is 1. The number of hydrogen-bond donors (Lipinski definition) is 2. The van der Waals surface area contributed by atoms with Gasteiger partial charge in [0.05, 0.1) is 13.2 Å². The third-order valence-electron chi connectivity index (χ3n) is 2.60. The van der Waals surface area contributed by atoms with Gasteiger partial charge in [0.2, 0.25) is 0 Å². The van der Waals surface area contributed by atoms with Crippen LogP contribution in [0.1, 0.15) is 32.8 Å². The second-order valence-electron chi connectivity index (χ2n) is 4.32. The van der Waals surface area contributed by atoms with Crippen molar-refractivity contribution in [2.24, 2.45) is 4.99 Å². The molecular weight excluding hydrogens is 257 g/mol. The van der Waals surface area contributed by atoms with E-state index in [1.807, 2.05) is 19.9 Å². The summed E-state index contributed by atoms with van der Waals surface area (Å²) in [7, 11) is 0. The van der Waals surface area contributed by atoms with Crippen LogP contribution in [0.3, 0.4) is 0 Å². The van der Waals surface area contributed by atoms with Gasteiger partial charge in [-0.25, -0.2) is 9.38 Å². The molecule has 0 amide bonds. The summed E-state index contributed by atoms with van der Waals surface area (Å²) in [5.74, 6) is 0.700. The van der Waals surface area contributed by atoms with Crippen molar-refractivity contribution in [1.82, 2.24) is 10.6 Å². The fraction of sp³-hybridized carbons (Fsp3) is 0.533. The lowest BCUT2D eigenvalue weighted by atomic mass is 10.2. The number of rotatable bonds is 7. The van der Waals surface area contributed by atoms with Crippen LogP contribution >= 0.6 is 0 Å². The zero-order valence-corrected chi connectivity index (χ0v) is 12.5. The molecule has 0 aromatic heterocycles. The summed E-state index contributed by atoms with van der Waals surface area (Å²) in [5, 5.41) is 6.36. The predicted molar refractivity (Wildman–Crippen MR) is 80.7 cm³/mol. The molecule has 5 heteroatoms. The standard InChI is InChI=1S/C15H24FN3O/c1-4-9-18-15(17-5-2)19-11-12-7-8-14(20-6-3)13(16)10-12/h7-8,10H,4-6,9,11H2,1-3H3,(H2,17,18,19). The van der Waals surface area contributed by atoms with Crippen LogP contribution < -0.4 is 15.4 Å². The van der Waals surface area contributed by atoms with E-state index in [0.717, 1.165) is 31.0 Å². The zero-order chi connectivity index (χ0) is 14.8. The number of nitrogens with one attached hydrogen (secondary N) is 2. The molecule has 0 bridgehead atoms. The molecule has 0 aliphatic heterocycles. The van der Waals surface area contributed by atoms with E-state index < -0.39 is 0 Å². The maximum Gasteiger partial charge on any atom is 0.191 e. The molecule has 0 spiro atoms. The van der Waals surface area contributed by atoms with Gasteiger partial charge in [-0.3, -0.25) is 0 Å². The minimum Gasteiger partial charge on any atom is -0.491 e. The van der Waals surface area contributed by atoms with Gasteiger partial charge in [0, 0.05) is 13.1 Å². The second-order valence-corrected chi connectivity index (χ2v) is 4.32. The molecule has 0 radical (unpaired) electrons. The molecule has 1 aromatic carbocycles. The first-order chi connectivity index (χ1) is 9.71. The molecule has 4 nitrogen and oxygen atoms in total. The molecule has 0 saturated carbocycles. The van der Waals surface area contributed by atoms with Crippen LogP contribution in [-0.2, 0) is 6.54 Å². The Bertz CT molecular complexity index is 435. The maximum atomic E-state index is 13.7. The average molecular weight is 281 g/mol. The normalized spacial score (nSPS) is 11.3. The Hall–Kier alpha value is -1.78. The summed E-state index contributed by atoms with van der Waals surface area (Å²) in [4.78, 5) is 4.42. The molecule has 20 heavy (non-hydrogen) atoms. The van der Waals surface area contributed by atoms with Gasteiger partial charge < -0.3 is 15.4 Å². The predicted octanol–water partition coefficient (Wildman–Crippen LogP) is 2.69. The Labute approximate surface area is 120 Å². The van der Waals surface area contributed by atoms with Gasteiger partial charge in [-0.1, -0.05) is 13.0 Å². The smallest absolute Gasteiger partial charge is 0.191 e. The highest BCUT2D eigenvalue weighted by Gasteiger charge is 2.04. The molecule has 0 aliphatic rings. The van der Waals surface area contributed by atoms with Gasteiger partial charge >= 0.3 is 0 Å². The number of guanidine groups is 1. The van der Waals surface area contributed by atoms with Crippen molar-refractivity contribution in [1.29, 1.82) is 0 Å². The van der Waals surface area contributed by atoms with Crippen molar-refractivity contribution < 1.29 is 9.13 Å².